The molecule has 0 radical (unpaired) electrons. The Bertz CT molecular complexity index is 237. The number of hydrogen-bond acceptors (Lipinski definition) is 2. The van der Waals surface area contributed by atoms with Crippen molar-refractivity contribution < 1.29 is 0 Å². The lowest BCUT2D eigenvalue weighted by atomic mass is 10.0. The van der Waals surface area contributed by atoms with Gasteiger partial charge >= 0.3 is 0 Å². The van der Waals surface area contributed by atoms with Crippen molar-refractivity contribution in [2.24, 2.45) is 4.99 Å². The Morgan fingerprint density at radius 1 is 1.29 bits per heavy atom. The molecule has 0 saturated heterocycles. The number of allylic oxidation sites excluding steroid dienone is 2. The molecule has 0 aromatic carbocycles. The molecule has 2 nitrogen and oxygen atoms in total. The zero-order valence-electron chi connectivity index (χ0n) is 9.80. The van der Waals surface area contributed by atoms with Gasteiger partial charge in [0.15, 0.2) is 0 Å². The van der Waals surface area contributed by atoms with E-state index >= 15 is 0 Å². The zero-order chi connectivity index (χ0) is 10.6. The second kappa shape index (κ2) is 5.18. The Morgan fingerprint density at radius 2 is 2.00 bits per heavy atom. The molecule has 0 heterocycles. The molecule has 0 spiro atoms. The van der Waals surface area contributed by atoms with Crippen molar-refractivity contribution in [1.82, 2.24) is 5.32 Å². The Kier molecular flexibility index (Phi) is 4.18. The third kappa shape index (κ3) is 3.52. The third-order valence-corrected chi connectivity index (χ3v) is 2.14. The van der Waals surface area contributed by atoms with E-state index in [2.05, 4.69) is 44.1 Å². The quantitative estimate of drug-likeness (QED) is 0.734. The smallest absolute Gasteiger partial charge is 0.0579 e. The van der Waals surface area contributed by atoms with Crippen molar-refractivity contribution in [2.75, 3.05) is 0 Å². The molecule has 0 amide bonds. The van der Waals surface area contributed by atoms with Crippen molar-refractivity contribution >= 4 is 5.71 Å². The van der Waals surface area contributed by atoms with Gasteiger partial charge in [0.05, 0.1) is 11.4 Å². The Morgan fingerprint density at radius 3 is 2.57 bits per heavy atom. The van der Waals surface area contributed by atoms with E-state index in [9.17, 15) is 0 Å². The molecule has 0 unspecified atom stereocenters. The van der Waals surface area contributed by atoms with E-state index in [4.69, 9.17) is 0 Å². The maximum atomic E-state index is 4.66. The SMILES string of the molecule is CC(C)N=C1CCCC=C1NC(C)C. The van der Waals surface area contributed by atoms with Crippen LogP contribution in [0.15, 0.2) is 16.8 Å². The molecule has 80 valence electrons. The summed E-state index contributed by atoms with van der Waals surface area (Å²) < 4.78 is 0. The first-order chi connectivity index (χ1) is 6.59. The largest absolute Gasteiger partial charge is 0.382 e. The standard InChI is InChI=1S/C12H22N2/c1-9(2)13-11-7-5-6-8-12(11)14-10(3)4/h7,9-10,13H,5-6,8H2,1-4H3. The molecule has 0 fully saturated rings. The fraction of sp³-hybridized carbons (Fsp3) is 0.750. The van der Waals surface area contributed by atoms with Gasteiger partial charge in [-0.1, -0.05) is 6.08 Å². The molecule has 0 aromatic heterocycles. The number of rotatable bonds is 3. The first-order valence-corrected chi connectivity index (χ1v) is 5.63. The molecule has 0 atom stereocenters. The first-order valence-electron chi connectivity index (χ1n) is 5.63. The van der Waals surface area contributed by atoms with Gasteiger partial charge in [-0.25, -0.2) is 0 Å². The summed E-state index contributed by atoms with van der Waals surface area (Å²) in [5.41, 5.74) is 2.53. The van der Waals surface area contributed by atoms with Crippen LogP contribution in [0.3, 0.4) is 0 Å². The number of hydrogen-bond donors (Lipinski definition) is 1. The predicted octanol–water partition coefficient (Wildman–Crippen LogP) is 2.90. The van der Waals surface area contributed by atoms with Crippen LogP contribution in [-0.2, 0) is 0 Å². The fourth-order valence-electron chi connectivity index (χ4n) is 1.67. The predicted molar refractivity (Wildman–Crippen MR) is 62.8 cm³/mol. The normalized spacial score (nSPS) is 20.4. The average molecular weight is 194 g/mol. The fourth-order valence-corrected chi connectivity index (χ4v) is 1.67. The molecule has 0 saturated carbocycles. The van der Waals surface area contributed by atoms with Crippen LogP contribution in [0.5, 0.6) is 0 Å². The molecular formula is C12H22N2. The molecule has 2 heteroatoms. The Balaban J connectivity index is 2.72. The van der Waals surface area contributed by atoms with Crippen LogP contribution >= 0.6 is 0 Å². The lowest BCUT2D eigenvalue weighted by molar-refractivity contribution is 0.668. The van der Waals surface area contributed by atoms with Crippen LogP contribution in [0, 0.1) is 0 Å². The highest BCUT2D eigenvalue weighted by Gasteiger charge is 2.12. The van der Waals surface area contributed by atoms with Gasteiger partial charge in [0.25, 0.3) is 0 Å². The van der Waals surface area contributed by atoms with Crippen LogP contribution in [0.2, 0.25) is 0 Å². The topological polar surface area (TPSA) is 24.4 Å². The summed E-state index contributed by atoms with van der Waals surface area (Å²) in [6.45, 7) is 8.61. The number of aliphatic imine (C=N–C) groups is 1. The lowest BCUT2D eigenvalue weighted by Crippen LogP contribution is -2.29. The second-order valence-corrected chi connectivity index (χ2v) is 4.48. The molecule has 14 heavy (non-hydrogen) atoms. The van der Waals surface area contributed by atoms with Crippen molar-refractivity contribution in [2.45, 2.75) is 59.0 Å². The highest BCUT2D eigenvalue weighted by Crippen LogP contribution is 2.15. The second-order valence-electron chi connectivity index (χ2n) is 4.48. The van der Waals surface area contributed by atoms with Crippen LogP contribution in [0.1, 0.15) is 47.0 Å². The average Bonchev–Trinajstić information content (AvgIpc) is 2.06. The lowest BCUT2D eigenvalue weighted by Gasteiger charge is -2.20. The minimum Gasteiger partial charge on any atom is -0.382 e. The van der Waals surface area contributed by atoms with E-state index < -0.39 is 0 Å². The van der Waals surface area contributed by atoms with Gasteiger partial charge < -0.3 is 5.32 Å². The van der Waals surface area contributed by atoms with Gasteiger partial charge in [-0.2, -0.15) is 0 Å². The summed E-state index contributed by atoms with van der Waals surface area (Å²) in [5.74, 6) is 0. The highest BCUT2D eigenvalue weighted by molar-refractivity contribution is 6.00. The van der Waals surface area contributed by atoms with Gasteiger partial charge in [-0.05, 0) is 47.0 Å². The zero-order valence-corrected chi connectivity index (χ0v) is 9.80. The van der Waals surface area contributed by atoms with Crippen LogP contribution in [-0.4, -0.2) is 17.8 Å². The summed E-state index contributed by atoms with van der Waals surface area (Å²) in [4.78, 5) is 4.66. The van der Waals surface area contributed by atoms with E-state index in [0.29, 0.717) is 12.1 Å². The molecular weight excluding hydrogens is 172 g/mol. The third-order valence-electron chi connectivity index (χ3n) is 2.14. The number of nitrogens with zero attached hydrogens (tertiary/aromatic N) is 1. The van der Waals surface area contributed by atoms with Crippen LogP contribution in [0.25, 0.3) is 0 Å². The molecule has 1 rings (SSSR count). The monoisotopic (exact) mass is 194 g/mol. The summed E-state index contributed by atoms with van der Waals surface area (Å²) in [6, 6.07) is 0.900. The van der Waals surface area contributed by atoms with Gasteiger partial charge in [0.2, 0.25) is 0 Å². The molecule has 0 aliphatic heterocycles. The summed E-state index contributed by atoms with van der Waals surface area (Å²) >= 11 is 0. The Hall–Kier alpha value is -0.790. The van der Waals surface area contributed by atoms with Crippen molar-refractivity contribution in [3.63, 3.8) is 0 Å². The van der Waals surface area contributed by atoms with E-state index in [1.165, 1.54) is 24.3 Å². The van der Waals surface area contributed by atoms with Gasteiger partial charge in [-0.3, -0.25) is 4.99 Å². The minimum atomic E-state index is 0.403. The first kappa shape index (κ1) is 11.3. The van der Waals surface area contributed by atoms with E-state index in [0.717, 1.165) is 6.42 Å². The van der Waals surface area contributed by atoms with Crippen molar-refractivity contribution in [3.8, 4) is 0 Å². The van der Waals surface area contributed by atoms with E-state index in [1.54, 1.807) is 0 Å². The van der Waals surface area contributed by atoms with Gasteiger partial charge in [0, 0.05) is 12.1 Å². The minimum absolute atomic E-state index is 0.403. The highest BCUT2D eigenvalue weighted by atomic mass is 14.9. The molecule has 0 bridgehead atoms. The summed E-state index contributed by atoms with van der Waals surface area (Å²) in [7, 11) is 0. The molecule has 1 aliphatic carbocycles. The Labute approximate surface area is 87.5 Å². The van der Waals surface area contributed by atoms with Gasteiger partial charge in [0.1, 0.15) is 0 Å². The van der Waals surface area contributed by atoms with E-state index in [-0.39, 0.29) is 0 Å². The molecule has 1 N–H and O–H groups in total. The molecule has 1 aliphatic rings. The van der Waals surface area contributed by atoms with Gasteiger partial charge in [-0.15, -0.1) is 0 Å². The molecule has 0 aromatic rings. The van der Waals surface area contributed by atoms with Crippen molar-refractivity contribution in [3.05, 3.63) is 11.8 Å². The maximum absolute atomic E-state index is 4.66. The van der Waals surface area contributed by atoms with Crippen molar-refractivity contribution in [1.29, 1.82) is 0 Å². The van der Waals surface area contributed by atoms with Crippen LogP contribution < -0.4 is 5.32 Å². The summed E-state index contributed by atoms with van der Waals surface area (Å²) in [6.07, 6.45) is 5.84. The summed E-state index contributed by atoms with van der Waals surface area (Å²) in [5, 5.41) is 3.47. The maximum Gasteiger partial charge on any atom is 0.0579 e. The van der Waals surface area contributed by atoms with Crippen LogP contribution in [0.4, 0.5) is 0 Å². The number of nitrogens with one attached hydrogen (secondary N) is 1. The van der Waals surface area contributed by atoms with E-state index in [1.807, 2.05) is 0 Å².